The first-order chi connectivity index (χ1) is 21.7. The molecule has 0 spiro atoms. The van der Waals surface area contributed by atoms with Gasteiger partial charge < -0.3 is 27.6 Å². The highest BCUT2D eigenvalue weighted by Gasteiger charge is 2.51. The molecule has 0 aromatic heterocycles. The second-order valence-corrected chi connectivity index (χ2v) is 32.2. The highest BCUT2D eigenvalue weighted by molar-refractivity contribution is 6.87. The molecular formula is C32H44N4O6Si4. The molecule has 0 saturated heterocycles. The molecule has 2 aromatic carbocycles. The molecule has 8 aliphatic rings. The minimum atomic E-state index is -2.31. The van der Waals surface area contributed by atoms with E-state index < -0.39 is 33.3 Å². The maximum atomic E-state index is 7.02. The van der Waals surface area contributed by atoms with Crippen molar-refractivity contribution in [1.82, 2.24) is 0 Å². The molecule has 0 saturated carbocycles. The third kappa shape index (κ3) is 5.99. The van der Waals surface area contributed by atoms with Crippen molar-refractivity contribution in [2.75, 3.05) is 0 Å². The zero-order chi connectivity index (χ0) is 32.5. The fraction of sp³-hybridized carbons (Fsp3) is 0.500. The summed E-state index contributed by atoms with van der Waals surface area (Å²) in [5, 5.41) is 18.1. The quantitative estimate of drug-likeness (QED) is 0.297. The van der Waals surface area contributed by atoms with Crippen LogP contribution in [-0.4, -0.2) is 79.0 Å². The van der Waals surface area contributed by atoms with Crippen molar-refractivity contribution >= 4 is 56.1 Å². The van der Waals surface area contributed by atoms with Crippen LogP contribution in [0.3, 0.4) is 0 Å². The van der Waals surface area contributed by atoms with Gasteiger partial charge in [0.15, 0.2) is 0 Å². The summed E-state index contributed by atoms with van der Waals surface area (Å²) in [5.74, 6) is 0. The van der Waals surface area contributed by atoms with Crippen molar-refractivity contribution in [2.45, 2.75) is 101 Å². The van der Waals surface area contributed by atoms with Crippen LogP contribution in [0.1, 0.15) is 47.9 Å². The van der Waals surface area contributed by atoms with Crippen LogP contribution in [0.5, 0.6) is 0 Å². The van der Waals surface area contributed by atoms with Crippen molar-refractivity contribution in [3.05, 3.63) is 70.8 Å². The van der Waals surface area contributed by atoms with Crippen LogP contribution in [0, 0.1) is 0 Å². The summed E-state index contributed by atoms with van der Waals surface area (Å²) in [7, 11) is -9.25. The fourth-order valence-electron chi connectivity index (χ4n) is 7.01. The molecule has 10 rings (SSSR count). The van der Waals surface area contributed by atoms with Crippen molar-refractivity contribution in [1.29, 1.82) is 0 Å². The van der Waals surface area contributed by atoms with Gasteiger partial charge in [0.05, 0.1) is 22.8 Å². The van der Waals surface area contributed by atoms with E-state index in [1.807, 2.05) is 0 Å². The average molecular weight is 693 g/mol. The van der Waals surface area contributed by atoms with E-state index in [-0.39, 0.29) is 22.9 Å². The molecule has 8 heterocycles. The van der Waals surface area contributed by atoms with Gasteiger partial charge in [0.25, 0.3) is 0 Å². The van der Waals surface area contributed by atoms with Crippen LogP contribution in [0.15, 0.2) is 69.2 Å². The number of nitrogens with zero attached hydrogens (tertiary/aromatic N) is 4. The molecule has 4 atom stereocenters. The molecule has 0 aliphatic carbocycles. The molecule has 46 heavy (non-hydrogen) atoms. The van der Waals surface area contributed by atoms with Gasteiger partial charge in [0.1, 0.15) is 22.9 Å². The van der Waals surface area contributed by atoms with E-state index in [2.05, 4.69) is 122 Å². The van der Waals surface area contributed by atoms with Gasteiger partial charge in [-0.2, -0.15) is 0 Å². The van der Waals surface area contributed by atoms with Crippen molar-refractivity contribution < 1.29 is 27.6 Å². The Kier molecular flexibility index (Phi) is 7.83. The van der Waals surface area contributed by atoms with E-state index in [0.29, 0.717) is 0 Å². The van der Waals surface area contributed by atoms with E-state index in [9.17, 15) is 0 Å². The van der Waals surface area contributed by atoms with Gasteiger partial charge in [-0.3, -0.25) is 0 Å². The molecule has 0 radical (unpaired) electrons. The predicted octanol–water partition coefficient (Wildman–Crippen LogP) is 6.38. The maximum Gasteiger partial charge on any atom is 0.221 e. The van der Waals surface area contributed by atoms with Crippen molar-refractivity contribution in [2.24, 2.45) is 20.6 Å². The molecule has 0 unspecified atom stereocenters. The molecule has 12 bridgehead atoms. The van der Waals surface area contributed by atoms with Crippen LogP contribution in [0.25, 0.3) is 0 Å². The van der Waals surface area contributed by atoms with Crippen LogP contribution >= 0.6 is 0 Å². The number of hydrogen-bond donors (Lipinski definition) is 0. The number of oxime groups is 4. The molecular weight excluding hydrogens is 649 g/mol. The third-order valence-electron chi connectivity index (χ3n) is 9.93. The van der Waals surface area contributed by atoms with Gasteiger partial charge in [0, 0.05) is 25.7 Å². The van der Waals surface area contributed by atoms with Crippen LogP contribution < -0.4 is 0 Å². The molecule has 10 nitrogen and oxygen atoms in total. The summed E-state index contributed by atoms with van der Waals surface area (Å²) in [4.78, 5) is 24.2. The largest absolute Gasteiger partial charge is 0.451 e. The summed E-state index contributed by atoms with van der Waals surface area (Å²) in [6, 6.07) is 16.9. The Labute approximate surface area is 275 Å². The Balaban J connectivity index is 1.16. The first-order valence-corrected chi connectivity index (χ1v) is 28.2. The Hall–Kier alpha value is -2.89. The van der Waals surface area contributed by atoms with E-state index in [1.165, 1.54) is 0 Å². The molecule has 14 heteroatoms. The number of rotatable bonds is 0. The molecule has 8 aliphatic heterocycles. The van der Waals surface area contributed by atoms with Crippen molar-refractivity contribution in [3.8, 4) is 0 Å². The van der Waals surface area contributed by atoms with Gasteiger partial charge in [-0.1, -0.05) is 69.2 Å². The molecule has 0 N–H and O–H groups in total. The lowest BCUT2D eigenvalue weighted by molar-refractivity contribution is 0.111. The smallest absolute Gasteiger partial charge is 0.221 e. The Morgan fingerprint density at radius 1 is 0.391 bits per heavy atom. The SMILES string of the molecule is C[Si]1(C)O[Si](C)(C)[C@@H]2CC(=NO2)c2ccc(cc2)C2=NO[C@@H](C2)[Si](C)(C)O[Si](C)(C)[C@@H]2CC(=NO2)c2ccc(cc2)C2=NO[C@H]1C2. The molecule has 2 aromatic rings. The summed E-state index contributed by atoms with van der Waals surface area (Å²) >= 11 is 0. The number of hydrogen-bond acceptors (Lipinski definition) is 10. The lowest BCUT2D eigenvalue weighted by atomic mass is 10.0. The standard InChI is InChI=1S/C32H44N4O6Si4/c1-43(2)29-17-25(33-37-29)21-9-11-23(12-10-21)27-19-31(39-35-27)45(5,6)42-46(7,8)32-20-28(36-40-32)24-15-13-22(14-16-24)26-18-30(38-34-26)44(3,4)41-43/h9-16,29-32H,17-20H2,1-8H3/t29-,30-,31-,32-/m1/s1. The minimum absolute atomic E-state index is 0.0720. The van der Waals surface area contributed by atoms with Gasteiger partial charge in [0.2, 0.25) is 33.3 Å². The second kappa shape index (κ2) is 11.4. The lowest BCUT2D eigenvalue weighted by Gasteiger charge is -2.38. The van der Waals surface area contributed by atoms with E-state index in [1.54, 1.807) is 0 Å². The Bertz CT molecular complexity index is 1400. The fourth-order valence-corrected chi connectivity index (χ4v) is 23.9. The topological polar surface area (TPSA) is 105 Å². The monoisotopic (exact) mass is 692 g/mol. The first-order valence-electron chi connectivity index (χ1n) is 16.2. The van der Waals surface area contributed by atoms with E-state index in [0.717, 1.165) is 70.8 Å². The van der Waals surface area contributed by atoms with Gasteiger partial charge in [-0.05, 0) is 74.6 Å². The zero-order valence-electron chi connectivity index (χ0n) is 28.0. The van der Waals surface area contributed by atoms with Gasteiger partial charge >= 0.3 is 0 Å². The first kappa shape index (κ1) is 31.7. The van der Waals surface area contributed by atoms with E-state index in [4.69, 9.17) is 27.6 Å². The summed E-state index contributed by atoms with van der Waals surface area (Å²) < 4.78 is 14.0. The average Bonchev–Trinajstić information content (AvgIpc) is 3.82. The zero-order valence-corrected chi connectivity index (χ0v) is 32.0. The van der Waals surface area contributed by atoms with Crippen molar-refractivity contribution in [3.63, 3.8) is 0 Å². The summed E-state index contributed by atoms with van der Waals surface area (Å²) in [6.07, 6.45) is 2.90. The normalized spacial score (nSPS) is 30.3. The van der Waals surface area contributed by atoms with E-state index >= 15 is 0 Å². The highest BCUT2D eigenvalue weighted by atomic mass is 28.4. The third-order valence-corrected chi connectivity index (χ3v) is 25.8. The second-order valence-electron chi connectivity index (χ2n) is 15.1. The molecule has 0 amide bonds. The molecule has 0 fully saturated rings. The predicted molar refractivity (Wildman–Crippen MR) is 189 cm³/mol. The van der Waals surface area contributed by atoms with Gasteiger partial charge in [-0.25, -0.2) is 0 Å². The van der Waals surface area contributed by atoms with Crippen LogP contribution in [0.2, 0.25) is 52.4 Å². The highest BCUT2D eigenvalue weighted by Crippen LogP contribution is 2.35. The number of benzene rings is 2. The summed E-state index contributed by atoms with van der Waals surface area (Å²) in [5.41, 5.74) is 7.72. The Morgan fingerprint density at radius 3 is 0.783 bits per heavy atom. The molecule has 244 valence electrons. The van der Waals surface area contributed by atoms with Gasteiger partial charge in [-0.15, -0.1) is 0 Å². The van der Waals surface area contributed by atoms with Crippen LogP contribution in [0.4, 0.5) is 0 Å². The minimum Gasteiger partial charge on any atom is -0.451 e. The lowest BCUT2D eigenvalue weighted by Crippen LogP contribution is -2.57. The van der Waals surface area contributed by atoms with Crippen LogP contribution in [-0.2, 0) is 27.6 Å². The maximum absolute atomic E-state index is 7.02. The Morgan fingerprint density at radius 2 is 0.587 bits per heavy atom. The summed E-state index contributed by atoms with van der Waals surface area (Å²) in [6.45, 7) is 17.8.